The average Bonchev–Trinajstić information content (AvgIpc) is 2.90. The quantitative estimate of drug-likeness (QED) is 0.730. The zero-order valence-electron chi connectivity index (χ0n) is 9.98. The number of aromatic nitrogens is 2. The summed E-state index contributed by atoms with van der Waals surface area (Å²) in [6.45, 7) is 0.505. The molecule has 2 rings (SSSR count). The molecule has 0 aromatic carbocycles. The van der Waals surface area contributed by atoms with Crippen LogP contribution in [0.3, 0.4) is 0 Å². The molecule has 1 aliphatic carbocycles. The average molecular weight is 236 g/mol. The van der Waals surface area contributed by atoms with Gasteiger partial charge in [0.1, 0.15) is 5.69 Å². The summed E-state index contributed by atoms with van der Waals surface area (Å²) in [5.74, 6) is 0.421. The summed E-state index contributed by atoms with van der Waals surface area (Å²) in [6, 6.07) is 1.76. The highest BCUT2D eigenvalue weighted by Crippen LogP contribution is 2.26. The summed E-state index contributed by atoms with van der Waals surface area (Å²) in [6.07, 6.45) is 7.73. The van der Waals surface area contributed by atoms with E-state index in [1.54, 1.807) is 12.3 Å². The van der Waals surface area contributed by atoms with Crippen LogP contribution in [0.2, 0.25) is 0 Å². The van der Waals surface area contributed by atoms with Crippen LogP contribution in [0.4, 0.5) is 0 Å². The van der Waals surface area contributed by atoms with Crippen molar-refractivity contribution in [2.24, 2.45) is 11.7 Å². The Morgan fingerprint density at radius 1 is 1.53 bits per heavy atom. The third-order valence-electron chi connectivity index (χ3n) is 3.53. The molecule has 0 aliphatic heterocycles. The number of rotatable bonds is 4. The predicted molar refractivity (Wildman–Crippen MR) is 65.5 cm³/mol. The summed E-state index contributed by atoms with van der Waals surface area (Å²) in [5, 5.41) is 9.44. The van der Waals surface area contributed by atoms with Crippen LogP contribution in [-0.4, -0.2) is 28.7 Å². The Labute approximate surface area is 101 Å². The van der Waals surface area contributed by atoms with E-state index in [1.807, 2.05) is 0 Å². The van der Waals surface area contributed by atoms with E-state index >= 15 is 0 Å². The van der Waals surface area contributed by atoms with Gasteiger partial charge in [0.05, 0.1) is 0 Å². The Hall–Kier alpha value is -1.36. The molecule has 1 aromatic heterocycles. The van der Waals surface area contributed by atoms with E-state index in [9.17, 15) is 4.79 Å². The normalized spacial score (nSPS) is 18.9. The zero-order chi connectivity index (χ0) is 12.1. The molecule has 0 bridgehead atoms. The van der Waals surface area contributed by atoms with E-state index in [0.29, 0.717) is 18.2 Å². The van der Waals surface area contributed by atoms with Crippen molar-refractivity contribution in [3.63, 3.8) is 0 Å². The van der Waals surface area contributed by atoms with Crippen molar-refractivity contribution < 1.29 is 4.79 Å². The van der Waals surface area contributed by atoms with E-state index in [-0.39, 0.29) is 11.9 Å². The lowest BCUT2D eigenvalue weighted by molar-refractivity contribution is 0.0910. The number of hydrogen-bond donors (Lipinski definition) is 3. The Balaban J connectivity index is 1.92. The fourth-order valence-electron chi connectivity index (χ4n) is 2.53. The van der Waals surface area contributed by atoms with Gasteiger partial charge < -0.3 is 11.1 Å². The fourth-order valence-corrected chi connectivity index (χ4v) is 2.53. The van der Waals surface area contributed by atoms with Crippen molar-refractivity contribution in [3.05, 3.63) is 18.0 Å². The molecular formula is C12H20N4O. The van der Waals surface area contributed by atoms with Crippen molar-refractivity contribution in [2.45, 2.75) is 38.1 Å². The van der Waals surface area contributed by atoms with Crippen molar-refractivity contribution >= 4 is 5.91 Å². The van der Waals surface area contributed by atoms with Gasteiger partial charge in [0, 0.05) is 18.8 Å². The van der Waals surface area contributed by atoms with E-state index in [0.717, 1.165) is 0 Å². The number of aromatic amines is 1. The van der Waals surface area contributed by atoms with Gasteiger partial charge in [-0.3, -0.25) is 9.89 Å². The smallest absolute Gasteiger partial charge is 0.269 e. The van der Waals surface area contributed by atoms with Gasteiger partial charge in [-0.25, -0.2) is 0 Å². The van der Waals surface area contributed by atoms with Crippen molar-refractivity contribution in [3.8, 4) is 0 Å². The molecule has 17 heavy (non-hydrogen) atoms. The van der Waals surface area contributed by atoms with Crippen LogP contribution in [0.5, 0.6) is 0 Å². The summed E-state index contributed by atoms with van der Waals surface area (Å²) in [5.41, 5.74) is 6.26. The first kappa shape index (κ1) is 12.1. The molecule has 1 fully saturated rings. The van der Waals surface area contributed by atoms with Crippen LogP contribution in [-0.2, 0) is 0 Å². The number of nitrogens with one attached hydrogen (secondary N) is 2. The lowest BCUT2D eigenvalue weighted by atomic mass is 9.84. The van der Waals surface area contributed by atoms with Gasteiger partial charge in [0.15, 0.2) is 0 Å². The molecule has 0 saturated heterocycles. The second kappa shape index (κ2) is 5.82. The number of hydrogen-bond acceptors (Lipinski definition) is 3. The molecule has 0 radical (unpaired) electrons. The SMILES string of the molecule is NCC(NC(=O)c1ccn[nH]1)C1CCCCC1. The molecular weight excluding hydrogens is 216 g/mol. The second-order valence-electron chi connectivity index (χ2n) is 4.68. The molecule has 0 spiro atoms. The number of carbonyl (C=O) groups excluding carboxylic acids is 1. The molecule has 5 heteroatoms. The van der Waals surface area contributed by atoms with Gasteiger partial charge in [-0.05, 0) is 24.8 Å². The Bertz CT molecular complexity index is 343. The first-order chi connectivity index (χ1) is 8.31. The van der Waals surface area contributed by atoms with Gasteiger partial charge in [0.2, 0.25) is 0 Å². The lowest BCUT2D eigenvalue weighted by Crippen LogP contribution is -2.46. The highest BCUT2D eigenvalue weighted by atomic mass is 16.2. The minimum atomic E-state index is -0.108. The molecule has 4 N–H and O–H groups in total. The number of amides is 1. The lowest BCUT2D eigenvalue weighted by Gasteiger charge is -2.29. The zero-order valence-corrected chi connectivity index (χ0v) is 9.98. The molecule has 1 amide bonds. The van der Waals surface area contributed by atoms with Crippen LogP contribution in [0.15, 0.2) is 12.3 Å². The topological polar surface area (TPSA) is 83.8 Å². The summed E-state index contributed by atoms with van der Waals surface area (Å²) >= 11 is 0. The van der Waals surface area contributed by atoms with Crippen molar-refractivity contribution in [1.29, 1.82) is 0 Å². The molecule has 1 aliphatic rings. The van der Waals surface area contributed by atoms with Crippen molar-refractivity contribution in [2.75, 3.05) is 6.54 Å². The third-order valence-corrected chi connectivity index (χ3v) is 3.53. The largest absolute Gasteiger partial charge is 0.346 e. The Kier molecular flexibility index (Phi) is 4.14. The summed E-state index contributed by atoms with van der Waals surface area (Å²) in [4.78, 5) is 11.9. The minimum absolute atomic E-state index is 0.0890. The number of nitrogens with two attached hydrogens (primary N) is 1. The van der Waals surface area contributed by atoms with Gasteiger partial charge in [-0.15, -0.1) is 0 Å². The number of H-pyrrole nitrogens is 1. The Morgan fingerprint density at radius 2 is 2.29 bits per heavy atom. The maximum atomic E-state index is 11.9. The Morgan fingerprint density at radius 3 is 2.88 bits per heavy atom. The van der Waals surface area contributed by atoms with E-state index < -0.39 is 0 Å². The van der Waals surface area contributed by atoms with Crippen molar-refractivity contribution in [1.82, 2.24) is 15.5 Å². The molecule has 1 aromatic rings. The number of nitrogens with zero attached hydrogens (tertiary/aromatic N) is 1. The van der Waals surface area contributed by atoms with E-state index in [1.165, 1.54) is 32.1 Å². The molecule has 1 heterocycles. The maximum absolute atomic E-state index is 11.9. The van der Waals surface area contributed by atoms with E-state index in [4.69, 9.17) is 5.73 Å². The van der Waals surface area contributed by atoms with Gasteiger partial charge in [0.25, 0.3) is 5.91 Å². The highest BCUT2D eigenvalue weighted by Gasteiger charge is 2.24. The van der Waals surface area contributed by atoms with Crippen LogP contribution in [0.25, 0.3) is 0 Å². The monoisotopic (exact) mass is 236 g/mol. The van der Waals surface area contributed by atoms with Crippen LogP contribution in [0, 0.1) is 5.92 Å². The fraction of sp³-hybridized carbons (Fsp3) is 0.667. The van der Waals surface area contributed by atoms with Gasteiger partial charge in [-0.2, -0.15) is 5.10 Å². The second-order valence-corrected chi connectivity index (χ2v) is 4.68. The maximum Gasteiger partial charge on any atom is 0.269 e. The van der Waals surface area contributed by atoms with Crippen LogP contribution < -0.4 is 11.1 Å². The van der Waals surface area contributed by atoms with Crippen LogP contribution in [0.1, 0.15) is 42.6 Å². The van der Waals surface area contributed by atoms with Gasteiger partial charge in [-0.1, -0.05) is 19.3 Å². The molecule has 1 saturated carbocycles. The predicted octanol–water partition coefficient (Wildman–Crippen LogP) is 1.05. The summed E-state index contributed by atoms with van der Waals surface area (Å²) in [7, 11) is 0. The summed E-state index contributed by atoms with van der Waals surface area (Å²) < 4.78 is 0. The highest BCUT2D eigenvalue weighted by molar-refractivity contribution is 5.92. The number of carbonyl (C=O) groups is 1. The standard InChI is InChI=1S/C12H20N4O/c13-8-11(9-4-2-1-3-5-9)15-12(17)10-6-7-14-16-10/h6-7,9,11H,1-5,8,13H2,(H,14,16)(H,15,17). The molecule has 1 atom stereocenters. The molecule has 94 valence electrons. The minimum Gasteiger partial charge on any atom is -0.346 e. The molecule has 5 nitrogen and oxygen atoms in total. The molecule has 1 unspecified atom stereocenters. The van der Waals surface area contributed by atoms with E-state index in [2.05, 4.69) is 15.5 Å². The van der Waals surface area contributed by atoms with Gasteiger partial charge >= 0.3 is 0 Å². The first-order valence-electron chi connectivity index (χ1n) is 6.31. The third kappa shape index (κ3) is 3.06. The first-order valence-corrected chi connectivity index (χ1v) is 6.31. The van der Waals surface area contributed by atoms with Crippen LogP contribution >= 0.6 is 0 Å².